The van der Waals surface area contributed by atoms with Crippen LogP contribution in [0.15, 0.2) is 0 Å². The van der Waals surface area contributed by atoms with E-state index in [0.717, 1.165) is 31.8 Å². The van der Waals surface area contributed by atoms with E-state index in [4.69, 9.17) is 14.2 Å². The molecule has 0 spiro atoms. The zero-order valence-corrected chi connectivity index (χ0v) is 17.2. The third kappa shape index (κ3) is 2.83. The summed E-state index contributed by atoms with van der Waals surface area (Å²) in [7, 11) is 0. The van der Waals surface area contributed by atoms with E-state index in [9.17, 15) is 4.79 Å². The van der Waals surface area contributed by atoms with Crippen molar-refractivity contribution in [3.63, 3.8) is 0 Å². The van der Waals surface area contributed by atoms with E-state index in [-0.39, 0.29) is 17.7 Å². The van der Waals surface area contributed by atoms with Gasteiger partial charge in [0.1, 0.15) is 18.3 Å². The molecule has 2 saturated heterocycles. The molecule has 2 saturated carbocycles. The Labute approximate surface area is 158 Å². The first-order chi connectivity index (χ1) is 12.1. The van der Waals surface area contributed by atoms with Gasteiger partial charge in [0.2, 0.25) is 0 Å². The maximum absolute atomic E-state index is 11.4. The quantitative estimate of drug-likeness (QED) is 0.546. The molecule has 0 aromatic carbocycles. The summed E-state index contributed by atoms with van der Waals surface area (Å²) in [6.07, 6.45) is 8.53. The average molecular weight is 365 g/mol. The van der Waals surface area contributed by atoms with Crippen molar-refractivity contribution in [1.29, 1.82) is 0 Å². The molecule has 4 fully saturated rings. The van der Waals surface area contributed by atoms with Crippen molar-refractivity contribution in [2.45, 2.75) is 96.9 Å². The van der Waals surface area contributed by atoms with Crippen LogP contribution in [0.25, 0.3) is 0 Å². The molecule has 2 aliphatic carbocycles. The number of fused-ring (bicyclic) bond motifs is 3. The van der Waals surface area contributed by atoms with Crippen molar-refractivity contribution >= 4 is 5.97 Å². The number of hydrogen-bond acceptors (Lipinski definition) is 4. The van der Waals surface area contributed by atoms with Crippen molar-refractivity contribution in [3.8, 4) is 0 Å². The Morgan fingerprint density at radius 3 is 2.38 bits per heavy atom. The van der Waals surface area contributed by atoms with Gasteiger partial charge in [-0.2, -0.15) is 0 Å². The van der Waals surface area contributed by atoms with Crippen LogP contribution in [0.2, 0.25) is 0 Å². The molecule has 0 aromatic rings. The standard InChI is InChI=1S/C22H36O4/c1-15(23)25-14-22(18-13-24-18)12-8-17-20(4)10-6-9-19(2,3)16(20)7-11-21(17,5)26-22/h16-18H,6-14H2,1-5H3/t16-,17+,18+,20-,21+,22-/m1/s1. The maximum Gasteiger partial charge on any atom is 0.302 e. The summed E-state index contributed by atoms with van der Waals surface area (Å²) in [5.74, 6) is 1.13. The zero-order valence-electron chi connectivity index (χ0n) is 17.2. The molecule has 0 radical (unpaired) electrons. The Morgan fingerprint density at radius 2 is 1.73 bits per heavy atom. The highest BCUT2D eigenvalue weighted by molar-refractivity contribution is 5.66. The molecule has 2 aliphatic heterocycles. The second-order valence-electron chi connectivity index (χ2n) is 10.6. The molecule has 2 heterocycles. The van der Waals surface area contributed by atoms with Gasteiger partial charge in [0.25, 0.3) is 0 Å². The summed E-state index contributed by atoms with van der Waals surface area (Å²) in [4.78, 5) is 11.4. The molecule has 0 bridgehead atoms. The van der Waals surface area contributed by atoms with E-state index >= 15 is 0 Å². The van der Waals surface area contributed by atoms with Crippen LogP contribution in [-0.2, 0) is 19.0 Å². The molecule has 0 amide bonds. The SMILES string of the molecule is CC(=O)OC[C@@]1([C@@H]2CO2)CC[C@H]2[C@]3(C)CCCC(C)(C)[C@H]3CC[C@]2(C)O1. The molecule has 6 atom stereocenters. The van der Waals surface area contributed by atoms with E-state index < -0.39 is 5.60 Å². The first-order valence-corrected chi connectivity index (χ1v) is 10.6. The van der Waals surface area contributed by atoms with E-state index in [1.54, 1.807) is 0 Å². The lowest BCUT2D eigenvalue weighted by Gasteiger charge is -2.65. The van der Waals surface area contributed by atoms with Crippen LogP contribution in [0, 0.1) is 22.7 Å². The zero-order chi connectivity index (χ0) is 18.8. The van der Waals surface area contributed by atoms with Gasteiger partial charge in [-0.1, -0.05) is 27.2 Å². The molecule has 0 unspecified atom stereocenters. The number of rotatable bonds is 3. The van der Waals surface area contributed by atoms with Crippen LogP contribution in [0.3, 0.4) is 0 Å². The van der Waals surface area contributed by atoms with E-state index in [2.05, 4.69) is 27.7 Å². The van der Waals surface area contributed by atoms with Crippen molar-refractivity contribution in [3.05, 3.63) is 0 Å². The maximum atomic E-state index is 11.4. The molecule has 0 aromatic heterocycles. The highest BCUT2D eigenvalue weighted by Gasteiger charge is 2.64. The Kier molecular flexibility index (Phi) is 4.28. The summed E-state index contributed by atoms with van der Waals surface area (Å²) in [6.45, 7) is 12.4. The first-order valence-electron chi connectivity index (χ1n) is 10.6. The minimum Gasteiger partial charge on any atom is -0.463 e. The van der Waals surface area contributed by atoms with Crippen molar-refractivity contribution in [2.24, 2.45) is 22.7 Å². The van der Waals surface area contributed by atoms with Gasteiger partial charge in [-0.3, -0.25) is 4.79 Å². The molecular formula is C22H36O4. The van der Waals surface area contributed by atoms with Crippen LogP contribution in [0.5, 0.6) is 0 Å². The number of carbonyl (C=O) groups excluding carboxylic acids is 1. The molecular weight excluding hydrogens is 328 g/mol. The average Bonchev–Trinajstić information content (AvgIpc) is 3.36. The van der Waals surface area contributed by atoms with Crippen LogP contribution in [0.1, 0.15) is 79.6 Å². The Hall–Kier alpha value is -0.610. The van der Waals surface area contributed by atoms with Gasteiger partial charge in [-0.15, -0.1) is 0 Å². The van der Waals surface area contributed by atoms with E-state index in [0.29, 0.717) is 23.4 Å². The predicted octanol–water partition coefficient (Wildman–Crippen LogP) is 4.50. The Balaban J connectivity index is 1.61. The van der Waals surface area contributed by atoms with Crippen LogP contribution >= 0.6 is 0 Å². The fourth-order valence-electron chi connectivity index (χ4n) is 7.26. The van der Waals surface area contributed by atoms with Gasteiger partial charge < -0.3 is 14.2 Å². The normalized spacial score (nSPS) is 49.7. The first kappa shape index (κ1) is 18.7. The summed E-state index contributed by atoms with van der Waals surface area (Å²) in [5.41, 5.74) is 0.209. The van der Waals surface area contributed by atoms with Gasteiger partial charge in [0, 0.05) is 6.92 Å². The minimum absolute atomic E-state index is 0.0907. The summed E-state index contributed by atoms with van der Waals surface area (Å²) >= 11 is 0. The van der Waals surface area contributed by atoms with Crippen LogP contribution < -0.4 is 0 Å². The van der Waals surface area contributed by atoms with Gasteiger partial charge in [0.05, 0.1) is 12.2 Å². The van der Waals surface area contributed by atoms with Gasteiger partial charge in [-0.25, -0.2) is 0 Å². The molecule has 4 rings (SSSR count). The second-order valence-corrected chi connectivity index (χ2v) is 10.6. The fraction of sp³-hybridized carbons (Fsp3) is 0.955. The fourth-order valence-corrected chi connectivity index (χ4v) is 7.26. The van der Waals surface area contributed by atoms with E-state index in [1.807, 2.05) is 0 Å². The Bertz CT molecular complexity index is 583. The number of ether oxygens (including phenoxy) is 3. The second kappa shape index (κ2) is 5.94. The number of epoxide rings is 1. The molecule has 4 nitrogen and oxygen atoms in total. The third-order valence-electron chi connectivity index (χ3n) is 8.47. The van der Waals surface area contributed by atoms with Crippen LogP contribution in [0.4, 0.5) is 0 Å². The van der Waals surface area contributed by atoms with Crippen LogP contribution in [-0.4, -0.2) is 36.5 Å². The molecule has 4 heteroatoms. The van der Waals surface area contributed by atoms with Gasteiger partial charge in [-0.05, 0) is 68.1 Å². The van der Waals surface area contributed by atoms with Gasteiger partial charge in [0.15, 0.2) is 0 Å². The highest BCUT2D eigenvalue weighted by atomic mass is 16.6. The van der Waals surface area contributed by atoms with Crippen molar-refractivity contribution in [2.75, 3.05) is 13.2 Å². The lowest BCUT2D eigenvalue weighted by molar-refractivity contribution is -0.282. The molecule has 26 heavy (non-hydrogen) atoms. The van der Waals surface area contributed by atoms with Crippen molar-refractivity contribution < 1.29 is 19.0 Å². The molecule has 4 aliphatic rings. The summed E-state index contributed by atoms with van der Waals surface area (Å²) in [6, 6.07) is 0. The number of carbonyl (C=O) groups is 1. The minimum atomic E-state index is -0.440. The largest absolute Gasteiger partial charge is 0.463 e. The molecule has 148 valence electrons. The number of hydrogen-bond donors (Lipinski definition) is 0. The summed E-state index contributed by atoms with van der Waals surface area (Å²) in [5, 5.41) is 0. The lowest BCUT2D eigenvalue weighted by Crippen LogP contribution is -2.65. The van der Waals surface area contributed by atoms with Gasteiger partial charge >= 0.3 is 5.97 Å². The smallest absolute Gasteiger partial charge is 0.302 e. The monoisotopic (exact) mass is 364 g/mol. The number of esters is 1. The highest BCUT2D eigenvalue weighted by Crippen LogP contribution is 2.66. The topological polar surface area (TPSA) is 48.1 Å². The molecule has 0 N–H and O–H groups in total. The summed E-state index contributed by atoms with van der Waals surface area (Å²) < 4.78 is 18.0. The van der Waals surface area contributed by atoms with E-state index in [1.165, 1.54) is 32.6 Å². The van der Waals surface area contributed by atoms with Crippen molar-refractivity contribution in [1.82, 2.24) is 0 Å². The lowest BCUT2D eigenvalue weighted by atomic mass is 9.44. The predicted molar refractivity (Wildman–Crippen MR) is 99.8 cm³/mol. The third-order valence-corrected chi connectivity index (χ3v) is 8.47. The Morgan fingerprint density at radius 1 is 1.04 bits per heavy atom.